The van der Waals surface area contributed by atoms with E-state index in [-0.39, 0.29) is 6.61 Å². The quantitative estimate of drug-likeness (QED) is 0.247. The van der Waals surface area contributed by atoms with Crippen LogP contribution in [-0.2, 0) is 27.2 Å². The second-order valence-electron chi connectivity index (χ2n) is 6.56. The molecule has 1 aliphatic carbocycles. The molecule has 0 spiro atoms. The van der Waals surface area contributed by atoms with Crippen molar-refractivity contribution in [2.75, 3.05) is 11.9 Å². The number of aryl methyl sites for hydroxylation is 1. The summed E-state index contributed by atoms with van der Waals surface area (Å²) in [5.41, 5.74) is 4.20. The Balaban J connectivity index is 1.76. The van der Waals surface area contributed by atoms with Crippen LogP contribution in [-0.4, -0.2) is 30.1 Å². The molecule has 0 atom stereocenters. The van der Waals surface area contributed by atoms with Crippen molar-refractivity contribution in [1.29, 1.82) is 0 Å². The normalized spacial score (nSPS) is 13.9. The topological polar surface area (TPSA) is 96.9 Å². The molecule has 0 radical (unpaired) electrons. The number of thiophene rings is 2. The number of fused-ring (bicyclic) bond motifs is 1. The lowest BCUT2D eigenvalue weighted by atomic mass is 10.1. The van der Waals surface area contributed by atoms with Gasteiger partial charge in [0.25, 0.3) is 0 Å². The first-order chi connectivity index (χ1) is 14.0. The minimum absolute atomic E-state index is 0.244. The van der Waals surface area contributed by atoms with Crippen LogP contribution in [0.5, 0.6) is 0 Å². The fourth-order valence-corrected chi connectivity index (χ4v) is 5.08. The number of rotatable bonds is 5. The van der Waals surface area contributed by atoms with Gasteiger partial charge in [0.05, 0.1) is 17.9 Å². The molecule has 7 nitrogen and oxygen atoms in total. The van der Waals surface area contributed by atoms with Gasteiger partial charge in [-0.05, 0) is 56.5 Å². The molecule has 0 saturated heterocycles. The van der Waals surface area contributed by atoms with Crippen molar-refractivity contribution >= 4 is 51.2 Å². The van der Waals surface area contributed by atoms with Crippen LogP contribution >= 0.6 is 22.7 Å². The number of hydrogen-bond acceptors (Lipinski definition) is 7. The van der Waals surface area contributed by atoms with E-state index < -0.39 is 17.8 Å². The van der Waals surface area contributed by atoms with Crippen molar-refractivity contribution in [3.8, 4) is 0 Å². The molecular formula is C20H23N3O4S2. The molecule has 2 heterocycles. The summed E-state index contributed by atoms with van der Waals surface area (Å²) in [6.07, 6.45) is 4.77. The van der Waals surface area contributed by atoms with Gasteiger partial charge < -0.3 is 10.1 Å². The average Bonchev–Trinajstić information content (AvgIpc) is 3.29. The summed E-state index contributed by atoms with van der Waals surface area (Å²) in [6.45, 7) is 3.73. The van der Waals surface area contributed by atoms with Crippen molar-refractivity contribution in [1.82, 2.24) is 5.43 Å². The lowest BCUT2D eigenvalue weighted by Crippen LogP contribution is -2.33. The number of carbonyl (C=O) groups is 3. The van der Waals surface area contributed by atoms with E-state index in [2.05, 4.69) is 15.8 Å². The molecule has 3 rings (SSSR count). The number of amides is 2. The van der Waals surface area contributed by atoms with Gasteiger partial charge in [-0.2, -0.15) is 5.10 Å². The van der Waals surface area contributed by atoms with Crippen LogP contribution in [0.4, 0.5) is 5.00 Å². The van der Waals surface area contributed by atoms with Gasteiger partial charge in [0, 0.05) is 9.75 Å². The SMILES string of the molecule is CCOC(=O)c1c(NC(=O)C(=O)N/N=C(\C)c2cccs2)sc2c1CCCCC2. The number of nitrogens with one attached hydrogen (secondary N) is 2. The number of carbonyl (C=O) groups excluding carboxylic acids is 3. The maximum atomic E-state index is 12.5. The summed E-state index contributed by atoms with van der Waals surface area (Å²) < 4.78 is 5.19. The van der Waals surface area contributed by atoms with Gasteiger partial charge in [0.15, 0.2) is 0 Å². The Morgan fingerprint density at radius 1 is 1.17 bits per heavy atom. The molecule has 2 amide bonds. The zero-order chi connectivity index (χ0) is 20.8. The lowest BCUT2D eigenvalue weighted by Gasteiger charge is -2.08. The Morgan fingerprint density at radius 2 is 1.97 bits per heavy atom. The zero-order valence-corrected chi connectivity index (χ0v) is 18.0. The monoisotopic (exact) mass is 433 g/mol. The van der Waals surface area contributed by atoms with Crippen molar-refractivity contribution < 1.29 is 19.1 Å². The number of hydrazone groups is 1. The Kier molecular flexibility index (Phi) is 7.16. The van der Waals surface area contributed by atoms with E-state index in [9.17, 15) is 14.4 Å². The highest BCUT2D eigenvalue weighted by Gasteiger charge is 2.27. The third-order valence-corrected chi connectivity index (χ3v) is 6.72. The van der Waals surface area contributed by atoms with Gasteiger partial charge in [0.2, 0.25) is 0 Å². The van der Waals surface area contributed by atoms with Gasteiger partial charge in [-0.15, -0.1) is 22.7 Å². The smallest absolute Gasteiger partial charge is 0.341 e. The average molecular weight is 434 g/mol. The lowest BCUT2D eigenvalue weighted by molar-refractivity contribution is -0.136. The number of nitrogens with zero attached hydrogens (tertiary/aromatic N) is 1. The molecule has 2 aromatic rings. The molecule has 0 saturated carbocycles. The summed E-state index contributed by atoms with van der Waals surface area (Å²) >= 11 is 2.84. The first-order valence-electron chi connectivity index (χ1n) is 9.52. The molecule has 2 aromatic heterocycles. The fourth-order valence-electron chi connectivity index (χ4n) is 3.13. The molecule has 0 aromatic carbocycles. The number of esters is 1. The van der Waals surface area contributed by atoms with Crippen LogP contribution < -0.4 is 10.7 Å². The highest BCUT2D eigenvalue weighted by Crippen LogP contribution is 2.38. The van der Waals surface area contributed by atoms with Crippen molar-refractivity contribution in [2.24, 2.45) is 5.10 Å². The number of ether oxygens (including phenoxy) is 1. The molecule has 154 valence electrons. The third kappa shape index (κ3) is 5.10. The second-order valence-corrected chi connectivity index (χ2v) is 8.61. The van der Waals surface area contributed by atoms with Gasteiger partial charge in [0.1, 0.15) is 5.00 Å². The molecule has 1 aliphatic rings. The van der Waals surface area contributed by atoms with Crippen LogP contribution in [0, 0.1) is 0 Å². The van der Waals surface area contributed by atoms with E-state index in [0.29, 0.717) is 16.3 Å². The van der Waals surface area contributed by atoms with E-state index in [1.807, 2.05) is 17.5 Å². The summed E-state index contributed by atoms with van der Waals surface area (Å²) in [6, 6.07) is 3.76. The van der Waals surface area contributed by atoms with E-state index in [4.69, 9.17) is 4.74 Å². The minimum Gasteiger partial charge on any atom is -0.462 e. The Bertz CT molecular complexity index is 932. The van der Waals surface area contributed by atoms with Gasteiger partial charge in [-0.25, -0.2) is 10.2 Å². The molecule has 0 unspecified atom stereocenters. The Labute approximate surface area is 177 Å². The maximum Gasteiger partial charge on any atom is 0.341 e. The van der Waals surface area contributed by atoms with E-state index in [0.717, 1.165) is 47.4 Å². The predicted octanol–water partition coefficient (Wildman–Crippen LogP) is 3.73. The van der Waals surface area contributed by atoms with Crippen molar-refractivity contribution in [3.63, 3.8) is 0 Å². The largest absolute Gasteiger partial charge is 0.462 e. The van der Waals surface area contributed by atoms with E-state index >= 15 is 0 Å². The molecule has 0 aliphatic heterocycles. The predicted molar refractivity (Wildman–Crippen MR) is 115 cm³/mol. The molecule has 29 heavy (non-hydrogen) atoms. The summed E-state index contributed by atoms with van der Waals surface area (Å²) in [4.78, 5) is 39.1. The van der Waals surface area contributed by atoms with Crippen LogP contribution in [0.2, 0.25) is 0 Å². The van der Waals surface area contributed by atoms with Crippen molar-refractivity contribution in [3.05, 3.63) is 38.4 Å². The molecule has 2 N–H and O–H groups in total. The molecular weight excluding hydrogens is 410 g/mol. The molecule has 9 heteroatoms. The van der Waals surface area contributed by atoms with Crippen molar-refractivity contribution in [2.45, 2.75) is 46.0 Å². The van der Waals surface area contributed by atoms with Crippen LogP contribution in [0.25, 0.3) is 0 Å². The highest BCUT2D eigenvalue weighted by atomic mass is 32.1. The van der Waals surface area contributed by atoms with E-state index in [1.54, 1.807) is 13.8 Å². The van der Waals surface area contributed by atoms with Crippen LogP contribution in [0.3, 0.4) is 0 Å². The first kappa shape index (κ1) is 21.2. The molecule has 0 bridgehead atoms. The van der Waals surface area contributed by atoms with Gasteiger partial charge in [-0.3, -0.25) is 9.59 Å². The second kappa shape index (κ2) is 9.80. The fraction of sp³-hybridized carbons (Fsp3) is 0.400. The Morgan fingerprint density at radius 3 is 2.69 bits per heavy atom. The summed E-state index contributed by atoms with van der Waals surface area (Å²) in [5.74, 6) is -2.22. The van der Waals surface area contributed by atoms with Crippen LogP contribution in [0.15, 0.2) is 22.6 Å². The molecule has 0 fully saturated rings. The van der Waals surface area contributed by atoms with Crippen LogP contribution in [0.1, 0.15) is 58.8 Å². The third-order valence-electron chi connectivity index (χ3n) is 4.54. The van der Waals surface area contributed by atoms with E-state index in [1.165, 1.54) is 22.7 Å². The van der Waals surface area contributed by atoms with Gasteiger partial charge in [-0.1, -0.05) is 12.5 Å². The van der Waals surface area contributed by atoms with Gasteiger partial charge >= 0.3 is 17.8 Å². The number of hydrogen-bond donors (Lipinski definition) is 2. The maximum absolute atomic E-state index is 12.5. The Hall–Kier alpha value is -2.52. The minimum atomic E-state index is -0.890. The standard InChI is InChI=1S/C20H23N3O4S2/c1-3-27-20(26)16-13-8-5-4-6-9-15(13)29-19(16)21-17(24)18(25)23-22-12(2)14-10-7-11-28-14/h7,10-11H,3-6,8-9H2,1-2H3,(H,21,24)(H,23,25)/b22-12+. The highest BCUT2D eigenvalue weighted by molar-refractivity contribution is 7.17. The summed E-state index contributed by atoms with van der Waals surface area (Å²) in [7, 11) is 0. The number of anilines is 1. The summed E-state index contributed by atoms with van der Waals surface area (Å²) in [5, 5.41) is 8.83. The zero-order valence-electron chi connectivity index (χ0n) is 16.4. The first-order valence-corrected chi connectivity index (χ1v) is 11.2.